The van der Waals surface area contributed by atoms with Gasteiger partial charge in [-0.15, -0.1) is 0 Å². The van der Waals surface area contributed by atoms with Crippen LogP contribution in [-0.2, 0) is 11.3 Å². The minimum absolute atomic E-state index is 0.0878. The monoisotopic (exact) mass is 490 g/mol. The lowest BCUT2D eigenvalue weighted by molar-refractivity contribution is -0.136. The number of carbonyl (C=O) groups excluding carboxylic acids is 1. The fourth-order valence-electron chi connectivity index (χ4n) is 5.19. The Kier molecular flexibility index (Phi) is 6.00. The van der Waals surface area contributed by atoms with E-state index in [-0.39, 0.29) is 23.9 Å². The molecule has 4 aromatic rings. The molecule has 0 bridgehead atoms. The molecular formula is C27H27FN4O2S. The molecule has 2 aliphatic rings. The lowest BCUT2D eigenvalue weighted by atomic mass is 10.0. The second-order valence-corrected chi connectivity index (χ2v) is 10.1. The van der Waals surface area contributed by atoms with Crippen molar-refractivity contribution in [2.45, 2.75) is 38.0 Å². The maximum atomic E-state index is 13.7. The molecule has 0 spiro atoms. The fraction of sp³-hybridized carbons (Fsp3) is 0.333. The number of carbonyl (C=O) groups is 1. The summed E-state index contributed by atoms with van der Waals surface area (Å²) in [6.07, 6.45) is 2.73. The first kappa shape index (κ1) is 22.2. The van der Waals surface area contributed by atoms with E-state index in [2.05, 4.69) is 32.8 Å². The van der Waals surface area contributed by atoms with Gasteiger partial charge in [-0.1, -0.05) is 18.2 Å². The molecule has 1 amide bonds. The number of ether oxygens (including phenoxy) is 1. The van der Waals surface area contributed by atoms with E-state index < -0.39 is 0 Å². The molecule has 2 aromatic heterocycles. The van der Waals surface area contributed by atoms with E-state index in [0.29, 0.717) is 31.7 Å². The first-order chi connectivity index (χ1) is 17.1. The highest BCUT2D eigenvalue weighted by molar-refractivity contribution is 7.07. The van der Waals surface area contributed by atoms with Gasteiger partial charge in [-0.2, -0.15) is 11.3 Å². The number of piperidine rings is 1. The van der Waals surface area contributed by atoms with Crippen molar-refractivity contribution in [2.75, 3.05) is 19.6 Å². The summed E-state index contributed by atoms with van der Waals surface area (Å²) in [5.41, 5.74) is 3.61. The largest absolute Gasteiger partial charge is 0.484 e. The Balaban J connectivity index is 1.24. The lowest BCUT2D eigenvalue weighted by Crippen LogP contribution is -2.45. The van der Waals surface area contributed by atoms with Crippen LogP contribution in [-0.4, -0.2) is 45.3 Å². The predicted molar refractivity (Wildman–Crippen MR) is 134 cm³/mol. The number of nitrogens with zero attached hydrogens (tertiary/aromatic N) is 3. The van der Waals surface area contributed by atoms with Crippen molar-refractivity contribution in [3.8, 4) is 5.75 Å². The van der Waals surface area contributed by atoms with Crippen molar-refractivity contribution in [2.24, 2.45) is 0 Å². The number of amides is 1. The molecule has 1 N–H and O–H groups in total. The first-order valence-electron chi connectivity index (χ1n) is 12.1. The summed E-state index contributed by atoms with van der Waals surface area (Å²) in [5.74, 6) is 1.40. The standard InChI is InChI=1S/C27H27FN4O2S/c28-20-8-9-21-22(13-20)30-27(29-21)23-6-3-4-11-32(23)26(33)16-31-14-18-5-1-2-7-24(18)34-25(15-31)19-10-12-35-17-19/h1-2,5,7-10,12-13,17,23,25H,3-4,6,11,14-16H2,(H,29,30)/t23-,25-/m0/s1. The molecule has 2 atom stereocenters. The normalized spacial score (nSPS) is 20.9. The molecule has 8 heteroatoms. The molecule has 35 heavy (non-hydrogen) atoms. The highest BCUT2D eigenvalue weighted by Gasteiger charge is 2.33. The molecule has 6 rings (SSSR count). The van der Waals surface area contributed by atoms with E-state index in [0.717, 1.165) is 47.5 Å². The van der Waals surface area contributed by atoms with Crippen LogP contribution in [0.2, 0.25) is 0 Å². The summed E-state index contributed by atoms with van der Waals surface area (Å²) < 4.78 is 20.1. The highest BCUT2D eigenvalue weighted by Crippen LogP contribution is 2.34. The van der Waals surface area contributed by atoms with Crippen LogP contribution in [0.25, 0.3) is 11.0 Å². The van der Waals surface area contributed by atoms with Gasteiger partial charge in [0.1, 0.15) is 23.5 Å². The Labute approximate surface area is 207 Å². The molecule has 0 unspecified atom stereocenters. The number of imidazole rings is 1. The second-order valence-electron chi connectivity index (χ2n) is 9.32. The zero-order valence-corrected chi connectivity index (χ0v) is 20.1. The summed E-state index contributed by atoms with van der Waals surface area (Å²) in [4.78, 5) is 25.8. The van der Waals surface area contributed by atoms with E-state index in [4.69, 9.17) is 9.72 Å². The molecule has 6 nitrogen and oxygen atoms in total. The van der Waals surface area contributed by atoms with Gasteiger partial charge in [0.25, 0.3) is 0 Å². The summed E-state index contributed by atoms with van der Waals surface area (Å²) in [6.45, 7) is 2.30. The average Bonchev–Trinajstić information content (AvgIpc) is 3.51. The number of thiophene rings is 1. The minimum Gasteiger partial charge on any atom is -0.484 e. The lowest BCUT2D eigenvalue weighted by Gasteiger charge is -2.36. The molecule has 0 aliphatic carbocycles. The number of rotatable bonds is 4. The van der Waals surface area contributed by atoms with Crippen LogP contribution in [0.5, 0.6) is 5.75 Å². The van der Waals surface area contributed by atoms with E-state index in [1.807, 2.05) is 23.1 Å². The number of fused-ring (bicyclic) bond motifs is 2. The van der Waals surface area contributed by atoms with Crippen molar-refractivity contribution < 1.29 is 13.9 Å². The molecule has 4 heterocycles. The van der Waals surface area contributed by atoms with Gasteiger partial charge in [0, 0.05) is 30.8 Å². The Hall–Kier alpha value is -3.23. The van der Waals surface area contributed by atoms with Crippen LogP contribution >= 0.6 is 11.3 Å². The topological polar surface area (TPSA) is 61.5 Å². The molecule has 180 valence electrons. The molecule has 2 aliphatic heterocycles. The van der Waals surface area contributed by atoms with Gasteiger partial charge in [-0.3, -0.25) is 9.69 Å². The summed E-state index contributed by atoms with van der Waals surface area (Å²) in [5, 5.41) is 4.17. The minimum atomic E-state index is -0.298. The number of benzene rings is 2. The summed E-state index contributed by atoms with van der Waals surface area (Å²) in [6, 6.07) is 14.6. The van der Waals surface area contributed by atoms with Gasteiger partial charge < -0.3 is 14.6 Å². The van der Waals surface area contributed by atoms with Gasteiger partial charge in [-0.25, -0.2) is 9.37 Å². The number of hydrogen-bond donors (Lipinski definition) is 1. The molecule has 2 aromatic carbocycles. The number of para-hydroxylation sites is 1. The number of aromatic amines is 1. The number of H-pyrrole nitrogens is 1. The van der Waals surface area contributed by atoms with Crippen LogP contribution in [0.15, 0.2) is 59.3 Å². The maximum Gasteiger partial charge on any atom is 0.237 e. The van der Waals surface area contributed by atoms with Crippen LogP contribution < -0.4 is 4.74 Å². The Morgan fingerprint density at radius 1 is 1.20 bits per heavy atom. The van der Waals surface area contributed by atoms with Gasteiger partial charge in [-0.05, 0) is 60.4 Å². The van der Waals surface area contributed by atoms with Gasteiger partial charge in [0.2, 0.25) is 5.91 Å². The Morgan fingerprint density at radius 2 is 2.11 bits per heavy atom. The van der Waals surface area contributed by atoms with Crippen molar-refractivity contribution >= 4 is 28.3 Å². The first-order valence-corrected chi connectivity index (χ1v) is 13.0. The van der Waals surface area contributed by atoms with E-state index in [1.165, 1.54) is 12.1 Å². The quantitative estimate of drug-likeness (QED) is 0.413. The number of nitrogens with one attached hydrogen (secondary N) is 1. The third-order valence-electron chi connectivity index (χ3n) is 6.93. The van der Waals surface area contributed by atoms with E-state index in [1.54, 1.807) is 17.4 Å². The van der Waals surface area contributed by atoms with Crippen molar-refractivity contribution in [1.82, 2.24) is 19.8 Å². The fourth-order valence-corrected chi connectivity index (χ4v) is 5.89. The van der Waals surface area contributed by atoms with Gasteiger partial charge in [0.05, 0.1) is 23.6 Å². The molecular weight excluding hydrogens is 463 g/mol. The maximum absolute atomic E-state index is 13.7. The molecule has 0 radical (unpaired) electrons. The highest BCUT2D eigenvalue weighted by atomic mass is 32.1. The number of likely N-dealkylation sites (tertiary alicyclic amines) is 1. The Morgan fingerprint density at radius 3 is 3.00 bits per heavy atom. The SMILES string of the molecule is O=C(CN1Cc2ccccc2O[C@H](c2ccsc2)C1)N1CCCC[C@H]1c1nc2ccc(F)cc2[nH]1. The van der Waals surface area contributed by atoms with Crippen molar-refractivity contribution in [1.29, 1.82) is 0 Å². The smallest absolute Gasteiger partial charge is 0.237 e. The van der Waals surface area contributed by atoms with E-state index in [9.17, 15) is 9.18 Å². The molecule has 1 saturated heterocycles. The van der Waals surface area contributed by atoms with Crippen molar-refractivity contribution in [3.63, 3.8) is 0 Å². The second kappa shape index (κ2) is 9.43. The average molecular weight is 491 g/mol. The van der Waals surface area contributed by atoms with Crippen molar-refractivity contribution in [3.05, 3.63) is 82.1 Å². The predicted octanol–water partition coefficient (Wildman–Crippen LogP) is 5.45. The van der Waals surface area contributed by atoms with Gasteiger partial charge >= 0.3 is 0 Å². The van der Waals surface area contributed by atoms with Gasteiger partial charge in [0.15, 0.2) is 0 Å². The van der Waals surface area contributed by atoms with Crippen LogP contribution in [0.4, 0.5) is 4.39 Å². The summed E-state index contributed by atoms with van der Waals surface area (Å²) >= 11 is 1.65. The van der Waals surface area contributed by atoms with Crippen LogP contribution in [0.1, 0.15) is 48.4 Å². The number of halogens is 1. The third kappa shape index (κ3) is 4.56. The Bertz CT molecular complexity index is 1340. The molecule has 1 fully saturated rings. The zero-order chi connectivity index (χ0) is 23.8. The molecule has 0 saturated carbocycles. The van der Waals surface area contributed by atoms with Crippen LogP contribution in [0.3, 0.4) is 0 Å². The zero-order valence-electron chi connectivity index (χ0n) is 19.3. The van der Waals surface area contributed by atoms with Crippen LogP contribution in [0, 0.1) is 5.82 Å². The number of aromatic nitrogens is 2. The third-order valence-corrected chi connectivity index (χ3v) is 7.64. The van der Waals surface area contributed by atoms with E-state index >= 15 is 0 Å². The summed E-state index contributed by atoms with van der Waals surface area (Å²) in [7, 11) is 0. The number of hydrogen-bond acceptors (Lipinski definition) is 5.